The summed E-state index contributed by atoms with van der Waals surface area (Å²) in [6.07, 6.45) is 2.41. The molecule has 0 atom stereocenters. The van der Waals surface area contributed by atoms with Gasteiger partial charge in [0.1, 0.15) is 0 Å². The second-order valence-corrected chi connectivity index (χ2v) is 6.61. The van der Waals surface area contributed by atoms with Crippen LogP contribution in [0, 0.1) is 0 Å². The topological polar surface area (TPSA) is 3.24 Å². The first-order valence-electron chi connectivity index (χ1n) is 7.96. The van der Waals surface area contributed by atoms with Crippen molar-refractivity contribution in [1.29, 1.82) is 0 Å². The summed E-state index contributed by atoms with van der Waals surface area (Å²) >= 11 is 0. The van der Waals surface area contributed by atoms with Gasteiger partial charge in [0.2, 0.25) is 0 Å². The minimum absolute atomic E-state index is 0.149. The van der Waals surface area contributed by atoms with E-state index < -0.39 is 0 Å². The summed E-state index contributed by atoms with van der Waals surface area (Å²) in [6, 6.07) is 19.5. The van der Waals surface area contributed by atoms with Gasteiger partial charge in [-0.15, -0.1) is 0 Å². The van der Waals surface area contributed by atoms with Crippen LogP contribution in [0.3, 0.4) is 0 Å². The number of anilines is 2. The van der Waals surface area contributed by atoms with E-state index in [1.807, 2.05) is 0 Å². The van der Waals surface area contributed by atoms with Gasteiger partial charge in [-0.3, -0.25) is 0 Å². The molecule has 0 bridgehead atoms. The maximum atomic E-state index is 2.46. The zero-order chi connectivity index (χ0) is 15.3. The van der Waals surface area contributed by atoms with E-state index in [-0.39, 0.29) is 5.41 Å². The van der Waals surface area contributed by atoms with E-state index in [9.17, 15) is 0 Å². The molecule has 0 saturated heterocycles. The van der Waals surface area contributed by atoms with E-state index in [0.29, 0.717) is 0 Å². The minimum atomic E-state index is 0.149. The lowest BCUT2D eigenvalue weighted by Crippen LogP contribution is -2.23. The molecule has 1 nitrogen and oxygen atoms in total. The third-order valence-corrected chi connectivity index (χ3v) is 3.81. The first-order chi connectivity index (χ1) is 10.0. The molecule has 21 heavy (non-hydrogen) atoms. The Labute approximate surface area is 129 Å². The van der Waals surface area contributed by atoms with Crippen molar-refractivity contribution in [3.8, 4) is 0 Å². The standard InChI is InChI=1S/C20H27N/c1-5-6-16-21(17-12-8-7-9-13-17)19-15-11-10-14-18(19)20(2,3)4/h7-15H,5-6,16H2,1-4H3. The SMILES string of the molecule is CCCCN(c1ccccc1)c1ccccc1C(C)(C)C. The van der Waals surface area contributed by atoms with Gasteiger partial charge in [0.05, 0.1) is 0 Å². The molecule has 1 heteroatoms. The van der Waals surface area contributed by atoms with Crippen LogP contribution in [-0.4, -0.2) is 6.54 Å². The van der Waals surface area contributed by atoms with E-state index in [1.165, 1.54) is 29.8 Å². The highest BCUT2D eigenvalue weighted by atomic mass is 15.1. The van der Waals surface area contributed by atoms with E-state index in [0.717, 1.165) is 6.54 Å². The van der Waals surface area contributed by atoms with Gasteiger partial charge in [0, 0.05) is 17.9 Å². The van der Waals surface area contributed by atoms with Gasteiger partial charge < -0.3 is 4.90 Å². The molecule has 0 aromatic heterocycles. The zero-order valence-corrected chi connectivity index (χ0v) is 13.8. The van der Waals surface area contributed by atoms with Crippen LogP contribution in [0.5, 0.6) is 0 Å². The largest absolute Gasteiger partial charge is 0.341 e. The first-order valence-corrected chi connectivity index (χ1v) is 7.96. The molecule has 0 heterocycles. The van der Waals surface area contributed by atoms with Gasteiger partial charge >= 0.3 is 0 Å². The Balaban J connectivity index is 2.47. The van der Waals surface area contributed by atoms with Gasteiger partial charge in [-0.1, -0.05) is 70.5 Å². The third kappa shape index (κ3) is 3.87. The normalized spacial score (nSPS) is 11.4. The van der Waals surface area contributed by atoms with Gasteiger partial charge in [-0.25, -0.2) is 0 Å². The number of rotatable bonds is 5. The Morgan fingerprint density at radius 2 is 1.48 bits per heavy atom. The monoisotopic (exact) mass is 281 g/mol. The highest BCUT2D eigenvalue weighted by Crippen LogP contribution is 2.35. The van der Waals surface area contributed by atoms with E-state index >= 15 is 0 Å². The molecule has 2 rings (SSSR count). The number of benzene rings is 2. The average molecular weight is 281 g/mol. The van der Waals surface area contributed by atoms with Crippen molar-refractivity contribution in [3.63, 3.8) is 0 Å². The molecule has 0 radical (unpaired) electrons. The third-order valence-electron chi connectivity index (χ3n) is 3.81. The minimum Gasteiger partial charge on any atom is -0.341 e. The molecule has 0 N–H and O–H groups in total. The lowest BCUT2D eigenvalue weighted by atomic mass is 9.85. The number of para-hydroxylation sites is 2. The van der Waals surface area contributed by atoms with Crippen LogP contribution in [0.25, 0.3) is 0 Å². The van der Waals surface area contributed by atoms with Crippen molar-refractivity contribution in [2.75, 3.05) is 11.4 Å². The van der Waals surface area contributed by atoms with Crippen LogP contribution in [-0.2, 0) is 5.41 Å². The maximum Gasteiger partial charge on any atom is 0.0448 e. The fourth-order valence-electron chi connectivity index (χ4n) is 2.66. The predicted molar refractivity (Wildman–Crippen MR) is 93.5 cm³/mol. The Morgan fingerprint density at radius 3 is 2.10 bits per heavy atom. The maximum absolute atomic E-state index is 2.46. The Kier molecular flexibility index (Phi) is 5.06. The summed E-state index contributed by atoms with van der Waals surface area (Å²) in [7, 11) is 0. The molecule has 0 saturated carbocycles. The van der Waals surface area contributed by atoms with Crippen molar-refractivity contribution in [1.82, 2.24) is 0 Å². The highest BCUT2D eigenvalue weighted by molar-refractivity contribution is 5.67. The fraction of sp³-hybridized carbons (Fsp3) is 0.400. The smallest absolute Gasteiger partial charge is 0.0448 e. The summed E-state index contributed by atoms with van der Waals surface area (Å²) in [6.45, 7) is 10.2. The van der Waals surface area contributed by atoms with Crippen LogP contribution in [0.4, 0.5) is 11.4 Å². The van der Waals surface area contributed by atoms with Crippen molar-refractivity contribution in [2.24, 2.45) is 0 Å². The number of nitrogens with zero attached hydrogens (tertiary/aromatic N) is 1. The second-order valence-electron chi connectivity index (χ2n) is 6.61. The summed E-state index contributed by atoms with van der Waals surface area (Å²) in [5, 5.41) is 0. The van der Waals surface area contributed by atoms with Crippen molar-refractivity contribution >= 4 is 11.4 Å². The van der Waals surface area contributed by atoms with Gasteiger partial charge in [-0.05, 0) is 35.6 Å². The molecule has 0 fully saturated rings. The van der Waals surface area contributed by atoms with Crippen LogP contribution in [0.1, 0.15) is 46.1 Å². The zero-order valence-electron chi connectivity index (χ0n) is 13.8. The molecule has 0 amide bonds. The summed E-state index contributed by atoms with van der Waals surface area (Å²) < 4.78 is 0. The summed E-state index contributed by atoms with van der Waals surface area (Å²) in [5.41, 5.74) is 4.17. The van der Waals surface area contributed by atoms with Gasteiger partial charge in [0.25, 0.3) is 0 Å². The number of hydrogen-bond donors (Lipinski definition) is 0. The van der Waals surface area contributed by atoms with Crippen LogP contribution in [0.2, 0.25) is 0 Å². The molecule has 0 aliphatic heterocycles. The van der Waals surface area contributed by atoms with E-state index in [1.54, 1.807) is 0 Å². The Hall–Kier alpha value is -1.76. The molecular formula is C20H27N. The first kappa shape index (κ1) is 15.6. The van der Waals surface area contributed by atoms with Gasteiger partial charge in [0.15, 0.2) is 0 Å². The molecule has 0 spiro atoms. The van der Waals surface area contributed by atoms with Crippen molar-refractivity contribution in [3.05, 3.63) is 60.2 Å². The lowest BCUT2D eigenvalue weighted by Gasteiger charge is -2.31. The summed E-state index contributed by atoms with van der Waals surface area (Å²) in [4.78, 5) is 2.46. The van der Waals surface area contributed by atoms with E-state index in [2.05, 4.69) is 87.2 Å². The molecule has 0 aliphatic rings. The fourth-order valence-corrected chi connectivity index (χ4v) is 2.66. The van der Waals surface area contributed by atoms with E-state index in [4.69, 9.17) is 0 Å². The molecule has 112 valence electrons. The summed E-state index contributed by atoms with van der Waals surface area (Å²) in [5.74, 6) is 0. The van der Waals surface area contributed by atoms with Crippen molar-refractivity contribution in [2.45, 2.75) is 46.0 Å². The van der Waals surface area contributed by atoms with Crippen LogP contribution < -0.4 is 4.90 Å². The second kappa shape index (κ2) is 6.80. The molecule has 0 unspecified atom stereocenters. The Bertz CT molecular complexity index is 552. The lowest BCUT2D eigenvalue weighted by molar-refractivity contribution is 0.589. The van der Waals surface area contributed by atoms with Crippen molar-refractivity contribution < 1.29 is 0 Å². The number of hydrogen-bond acceptors (Lipinski definition) is 1. The average Bonchev–Trinajstić information content (AvgIpc) is 2.48. The molecule has 2 aromatic rings. The van der Waals surface area contributed by atoms with Crippen LogP contribution >= 0.6 is 0 Å². The number of unbranched alkanes of at least 4 members (excludes halogenated alkanes) is 1. The Morgan fingerprint density at radius 1 is 0.857 bits per heavy atom. The predicted octanol–water partition coefficient (Wildman–Crippen LogP) is 5.92. The van der Waals surface area contributed by atoms with Gasteiger partial charge in [-0.2, -0.15) is 0 Å². The molecule has 2 aromatic carbocycles. The quantitative estimate of drug-likeness (QED) is 0.657. The molecule has 0 aliphatic carbocycles. The molecular weight excluding hydrogens is 254 g/mol. The van der Waals surface area contributed by atoms with Crippen LogP contribution in [0.15, 0.2) is 54.6 Å². The highest BCUT2D eigenvalue weighted by Gasteiger charge is 2.21.